The third kappa shape index (κ3) is 5.75. The van der Waals surface area contributed by atoms with E-state index < -0.39 is 29.4 Å². The Morgan fingerprint density at radius 1 is 1.15 bits per heavy atom. The third-order valence-electron chi connectivity index (χ3n) is 6.81. The number of phenolic OH excluding ortho intramolecular Hbond substituents is 1. The van der Waals surface area contributed by atoms with Crippen LogP contribution in [-0.4, -0.2) is 59.8 Å². The molecule has 0 radical (unpaired) electrons. The van der Waals surface area contributed by atoms with E-state index in [9.17, 15) is 14.3 Å². The van der Waals surface area contributed by atoms with Gasteiger partial charge >= 0.3 is 5.97 Å². The van der Waals surface area contributed by atoms with Crippen LogP contribution >= 0.6 is 0 Å². The second-order valence-corrected chi connectivity index (χ2v) is 9.63. The summed E-state index contributed by atoms with van der Waals surface area (Å²) in [6, 6.07) is 8.63. The van der Waals surface area contributed by atoms with E-state index in [2.05, 4.69) is 9.98 Å². The number of nitrogen functional groups attached to an aromatic ring is 1. The molecular formula is C28H27F2N5O6. The first-order chi connectivity index (χ1) is 19.6. The van der Waals surface area contributed by atoms with E-state index >= 15 is 4.39 Å². The largest absolute Gasteiger partial charge is 0.504 e. The minimum absolute atomic E-state index is 0.116. The number of halogens is 2. The Morgan fingerprint density at radius 2 is 1.93 bits per heavy atom. The maximum Gasteiger partial charge on any atom is 0.308 e. The molecule has 1 aromatic heterocycles. The number of esters is 1. The predicted molar refractivity (Wildman–Crippen MR) is 143 cm³/mol. The van der Waals surface area contributed by atoms with E-state index in [0.29, 0.717) is 30.7 Å². The van der Waals surface area contributed by atoms with E-state index in [0.717, 1.165) is 6.20 Å². The topological polar surface area (TPSA) is 153 Å². The third-order valence-corrected chi connectivity index (χ3v) is 6.81. The van der Waals surface area contributed by atoms with Crippen molar-refractivity contribution in [3.8, 4) is 34.6 Å². The Hall–Kier alpha value is -4.78. The Bertz CT molecular complexity index is 1530. The van der Waals surface area contributed by atoms with Gasteiger partial charge in [-0.3, -0.25) is 20.1 Å². The summed E-state index contributed by atoms with van der Waals surface area (Å²) in [6.45, 7) is 0.553. The molecule has 1 fully saturated rings. The summed E-state index contributed by atoms with van der Waals surface area (Å²) in [4.78, 5) is 21.7. The monoisotopic (exact) mass is 567 g/mol. The number of ether oxygens (including phenoxy) is 4. The van der Waals surface area contributed by atoms with Crippen LogP contribution in [0.25, 0.3) is 0 Å². The molecule has 13 heteroatoms. The van der Waals surface area contributed by atoms with Crippen molar-refractivity contribution in [2.45, 2.75) is 25.1 Å². The number of methoxy groups -OCH3 is 1. The number of pyridine rings is 1. The molecule has 2 aliphatic rings. The number of carbonyl (C=O) groups is 1. The Kier molecular flexibility index (Phi) is 7.70. The maximum absolute atomic E-state index is 15.5. The molecule has 1 aliphatic carbocycles. The molecule has 2 heterocycles. The Labute approximate surface area is 233 Å². The lowest BCUT2D eigenvalue weighted by Gasteiger charge is -2.33. The smallest absolute Gasteiger partial charge is 0.308 e. The van der Waals surface area contributed by atoms with Gasteiger partial charge in [0, 0.05) is 23.9 Å². The van der Waals surface area contributed by atoms with Gasteiger partial charge in [-0.1, -0.05) is 0 Å². The highest BCUT2D eigenvalue weighted by Crippen LogP contribution is 2.41. The van der Waals surface area contributed by atoms with Crippen molar-refractivity contribution in [1.29, 1.82) is 5.41 Å². The number of benzene rings is 2. The van der Waals surface area contributed by atoms with Crippen molar-refractivity contribution >= 4 is 18.0 Å². The first kappa shape index (κ1) is 27.8. The number of aliphatic imine (C=N–C) groups is 1. The van der Waals surface area contributed by atoms with E-state index in [4.69, 9.17) is 30.1 Å². The van der Waals surface area contributed by atoms with Gasteiger partial charge in [-0.15, -0.1) is 0 Å². The molecule has 1 saturated carbocycles. The fraction of sp³-hybridized carbons (Fsp3) is 0.286. The number of hydrogen-bond acceptors (Lipinski definition) is 10. The number of hydrogen-bond donors (Lipinski definition) is 3. The molecule has 11 nitrogen and oxygen atoms in total. The predicted octanol–water partition coefficient (Wildman–Crippen LogP) is 4.28. The van der Waals surface area contributed by atoms with E-state index in [-0.39, 0.29) is 46.6 Å². The van der Waals surface area contributed by atoms with Crippen molar-refractivity contribution in [2.24, 2.45) is 16.6 Å². The second kappa shape index (κ2) is 11.4. The van der Waals surface area contributed by atoms with Crippen LogP contribution in [0.15, 0.2) is 47.6 Å². The highest BCUT2D eigenvalue weighted by Gasteiger charge is 2.37. The number of nitrogens with zero attached hydrogens (tertiary/aromatic N) is 3. The zero-order valence-electron chi connectivity index (χ0n) is 22.1. The van der Waals surface area contributed by atoms with Gasteiger partial charge in [-0.05, 0) is 56.3 Å². The van der Waals surface area contributed by atoms with Crippen molar-refractivity contribution in [3.05, 3.63) is 65.4 Å². The molecule has 214 valence electrons. The molecule has 1 atom stereocenters. The van der Waals surface area contributed by atoms with Crippen LogP contribution in [0.5, 0.6) is 34.6 Å². The quantitative estimate of drug-likeness (QED) is 0.195. The molecule has 5 rings (SSSR count). The van der Waals surface area contributed by atoms with E-state index in [1.165, 1.54) is 31.4 Å². The van der Waals surface area contributed by atoms with Gasteiger partial charge in [0.05, 0.1) is 19.2 Å². The van der Waals surface area contributed by atoms with E-state index in [1.54, 1.807) is 18.3 Å². The number of nitrogens with two attached hydrogens (primary N) is 1. The van der Waals surface area contributed by atoms with Crippen molar-refractivity contribution < 1.29 is 37.6 Å². The first-order valence-electron chi connectivity index (χ1n) is 12.6. The summed E-state index contributed by atoms with van der Waals surface area (Å²) < 4.78 is 52.3. The lowest BCUT2D eigenvalue weighted by molar-refractivity contribution is -0.151. The summed E-state index contributed by atoms with van der Waals surface area (Å²) >= 11 is 0. The number of aromatic hydroxyl groups is 1. The number of amidine groups is 1. The highest BCUT2D eigenvalue weighted by molar-refractivity contribution is 5.95. The van der Waals surface area contributed by atoms with Gasteiger partial charge in [0.1, 0.15) is 29.6 Å². The fourth-order valence-corrected chi connectivity index (χ4v) is 4.49. The minimum Gasteiger partial charge on any atom is -0.504 e. The van der Waals surface area contributed by atoms with Gasteiger partial charge in [0.15, 0.2) is 17.3 Å². The Morgan fingerprint density at radius 3 is 2.61 bits per heavy atom. The van der Waals surface area contributed by atoms with Gasteiger partial charge in [-0.25, -0.2) is 9.37 Å². The van der Waals surface area contributed by atoms with Crippen LogP contribution in [0.3, 0.4) is 0 Å². The standard InChI is InChI=1S/C28H27F2N5O6/c1-35-8-7-33-26(35)18-12-16(39-17-9-15(10-17)28(37)38-2)4-6-21(18)40-24-19(29)13-34-27(23(24)30)41-22-11-14(25(31)32)3-5-20(22)36/h3-7,11-13,15,17,26,36H,8-10H2,1-2H3,(H3,31,32). The molecule has 4 N–H and O–H groups in total. The van der Waals surface area contributed by atoms with Crippen LogP contribution in [0.2, 0.25) is 0 Å². The maximum atomic E-state index is 15.5. The van der Waals surface area contributed by atoms with Crippen LogP contribution in [0, 0.1) is 23.0 Å². The normalized spacial score (nSPS) is 19.9. The first-order valence-corrected chi connectivity index (χ1v) is 12.6. The van der Waals surface area contributed by atoms with Gasteiger partial charge in [-0.2, -0.15) is 4.39 Å². The van der Waals surface area contributed by atoms with Crippen molar-refractivity contribution in [1.82, 2.24) is 9.88 Å². The molecule has 0 spiro atoms. The number of carbonyl (C=O) groups excluding carboxylic acids is 1. The molecule has 0 amide bonds. The molecule has 1 aliphatic heterocycles. The van der Waals surface area contributed by atoms with Gasteiger partial charge in [0.2, 0.25) is 11.6 Å². The lowest BCUT2D eigenvalue weighted by Crippen LogP contribution is -2.38. The molecule has 2 aromatic carbocycles. The molecule has 3 aromatic rings. The molecular weight excluding hydrogens is 540 g/mol. The average molecular weight is 568 g/mol. The SMILES string of the molecule is COC(=O)C1CC(Oc2ccc(Oc3c(F)cnc(Oc4cc(C(=N)N)ccc4O)c3F)c(C3N=CCN3C)c2)C1. The zero-order valence-corrected chi connectivity index (χ0v) is 22.1. The summed E-state index contributed by atoms with van der Waals surface area (Å²) in [5.41, 5.74) is 6.19. The van der Waals surface area contributed by atoms with Crippen molar-refractivity contribution in [3.63, 3.8) is 0 Å². The average Bonchev–Trinajstić information content (AvgIpc) is 3.36. The molecule has 0 bridgehead atoms. The number of aromatic nitrogens is 1. The minimum atomic E-state index is -1.25. The number of nitrogens with one attached hydrogen (secondary N) is 1. The fourth-order valence-electron chi connectivity index (χ4n) is 4.49. The molecule has 0 saturated heterocycles. The van der Waals surface area contributed by atoms with E-state index in [1.807, 2.05) is 11.9 Å². The summed E-state index contributed by atoms with van der Waals surface area (Å²) in [7, 11) is 3.18. The number of rotatable bonds is 9. The number of phenols is 1. The van der Waals surface area contributed by atoms with Gasteiger partial charge in [0.25, 0.3) is 5.88 Å². The second-order valence-electron chi connectivity index (χ2n) is 9.63. The summed E-state index contributed by atoms with van der Waals surface area (Å²) in [6.07, 6.45) is 2.79. The summed E-state index contributed by atoms with van der Waals surface area (Å²) in [5, 5.41) is 17.7. The molecule has 41 heavy (non-hydrogen) atoms. The van der Waals surface area contributed by atoms with Crippen LogP contribution in [-0.2, 0) is 9.53 Å². The van der Waals surface area contributed by atoms with Crippen LogP contribution in [0.4, 0.5) is 8.78 Å². The van der Waals surface area contributed by atoms with Crippen LogP contribution < -0.4 is 19.9 Å². The molecule has 1 unspecified atom stereocenters. The Balaban J connectivity index is 1.43. The highest BCUT2D eigenvalue weighted by atomic mass is 19.1. The van der Waals surface area contributed by atoms with Crippen LogP contribution in [0.1, 0.15) is 30.1 Å². The summed E-state index contributed by atoms with van der Waals surface area (Å²) in [5.74, 6) is -4.58. The zero-order chi connectivity index (χ0) is 29.3. The lowest BCUT2D eigenvalue weighted by atomic mass is 9.82. The van der Waals surface area contributed by atoms with Gasteiger partial charge < -0.3 is 29.8 Å². The van der Waals surface area contributed by atoms with Crippen molar-refractivity contribution in [2.75, 3.05) is 20.7 Å².